The minimum atomic E-state index is -0.604. The molecule has 0 amide bonds. The van der Waals surface area contributed by atoms with Gasteiger partial charge < -0.3 is 19.2 Å². The van der Waals surface area contributed by atoms with Crippen molar-refractivity contribution >= 4 is 12.6 Å². The summed E-state index contributed by atoms with van der Waals surface area (Å²) >= 11 is 0. The number of hydrogen-bond donors (Lipinski definition) is 1. The minimum absolute atomic E-state index is 0.372. The lowest BCUT2D eigenvalue weighted by atomic mass is 9.78. The van der Waals surface area contributed by atoms with Crippen LogP contribution < -0.4 is 10.2 Å². The van der Waals surface area contributed by atoms with Crippen LogP contribution in [0.2, 0.25) is 0 Å². The second-order valence-corrected chi connectivity index (χ2v) is 6.27. The van der Waals surface area contributed by atoms with Crippen molar-refractivity contribution in [3.63, 3.8) is 0 Å². The SMILES string of the molecule is COc1ccc(B2OC(C)(C)C(C)(C)O2)cc1[C@@H](C)O. The van der Waals surface area contributed by atoms with Crippen molar-refractivity contribution in [2.24, 2.45) is 0 Å². The van der Waals surface area contributed by atoms with Crippen molar-refractivity contribution in [2.45, 2.75) is 51.9 Å². The molecule has 1 aromatic carbocycles. The van der Waals surface area contributed by atoms with E-state index in [0.717, 1.165) is 11.0 Å². The number of aliphatic hydroxyl groups is 1. The molecule has 5 heteroatoms. The van der Waals surface area contributed by atoms with Gasteiger partial charge in [-0.25, -0.2) is 0 Å². The highest BCUT2D eigenvalue weighted by Crippen LogP contribution is 2.37. The molecule has 4 nitrogen and oxygen atoms in total. The van der Waals surface area contributed by atoms with Crippen molar-refractivity contribution in [3.05, 3.63) is 23.8 Å². The summed E-state index contributed by atoms with van der Waals surface area (Å²) < 4.78 is 17.3. The minimum Gasteiger partial charge on any atom is -0.496 e. The third-order valence-electron chi connectivity index (χ3n) is 4.23. The zero-order chi connectivity index (χ0) is 15.1. The zero-order valence-corrected chi connectivity index (χ0v) is 13.1. The van der Waals surface area contributed by atoms with Crippen LogP contribution in [-0.4, -0.2) is 30.5 Å². The molecular weight excluding hydrogens is 255 g/mol. The maximum Gasteiger partial charge on any atom is 0.494 e. The lowest BCUT2D eigenvalue weighted by Crippen LogP contribution is -2.41. The van der Waals surface area contributed by atoms with Gasteiger partial charge in [0.1, 0.15) is 5.75 Å². The summed E-state index contributed by atoms with van der Waals surface area (Å²) in [6.45, 7) is 9.79. The number of benzene rings is 1. The molecule has 110 valence electrons. The lowest BCUT2D eigenvalue weighted by Gasteiger charge is -2.32. The molecule has 1 atom stereocenters. The lowest BCUT2D eigenvalue weighted by molar-refractivity contribution is 0.00578. The molecular formula is C15H23BO4. The molecule has 0 saturated carbocycles. The summed E-state index contributed by atoms with van der Waals surface area (Å²) in [5.74, 6) is 0.667. The molecule has 2 rings (SSSR count). The molecule has 1 aromatic rings. The average molecular weight is 278 g/mol. The number of methoxy groups -OCH3 is 1. The molecule has 1 saturated heterocycles. The highest BCUT2D eigenvalue weighted by Gasteiger charge is 2.51. The quantitative estimate of drug-likeness (QED) is 0.860. The molecule has 1 aliphatic rings. The number of hydrogen-bond acceptors (Lipinski definition) is 4. The van der Waals surface area contributed by atoms with Gasteiger partial charge in [0.15, 0.2) is 0 Å². The first-order valence-corrected chi connectivity index (χ1v) is 6.89. The molecule has 1 fully saturated rings. The summed E-state index contributed by atoms with van der Waals surface area (Å²) in [4.78, 5) is 0. The van der Waals surface area contributed by atoms with E-state index < -0.39 is 13.2 Å². The summed E-state index contributed by atoms with van der Waals surface area (Å²) in [5.41, 5.74) is 0.880. The molecule has 0 aliphatic carbocycles. The van der Waals surface area contributed by atoms with Gasteiger partial charge in [-0.3, -0.25) is 0 Å². The van der Waals surface area contributed by atoms with Crippen LogP contribution >= 0.6 is 0 Å². The van der Waals surface area contributed by atoms with Crippen LogP contribution in [0.1, 0.15) is 46.3 Å². The van der Waals surface area contributed by atoms with Crippen LogP contribution in [0, 0.1) is 0 Å². The van der Waals surface area contributed by atoms with E-state index in [4.69, 9.17) is 14.0 Å². The van der Waals surface area contributed by atoms with Crippen molar-refractivity contribution in [1.29, 1.82) is 0 Å². The Bertz CT molecular complexity index is 481. The normalized spacial score (nSPS) is 21.9. The fourth-order valence-electron chi connectivity index (χ4n) is 2.21. The smallest absolute Gasteiger partial charge is 0.494 e. The first kappa shape index (κ1) is 15.4. The first-order chi connectivity index (χ1) is 9.18. The molecule has 20 heavy (non-hydrogen) atoms. The van der Waals surface area contributed by atoms with E-state index in [9.17, 15) is 5.11 Å². The van der Waals surface area contributed by atoms with E-state index in [0.29, 0.717) is 5.75 Å². The molecule has 1 aliphatic heterocycles. The third kappa shape index (κ3) is 2.58. The summed E-state index contributed by atoms with van der Waals surface area (Å²) in [6, 6.07) is 5.63. The Balaban J connectivity index is 2.34. The second-order valence-electron chi connectivity index (χ2n) is 6.27. The van der Waals surface area contributed by atoms with E-state index in [1.807, 2.05) is 45.9 Å². The fraction of sp³-hybridized carbons (Fsp3) is 0.600. The van der Waals surface area contributed by atoms with Crippen LogP contribution in [0.4, 0.5) is 0 Å². The van der Waals surface area contributed by atoms with Gasteiger partial charge in [-0.1, -0.05) is 12.1 Å². The van der Waals surface area contributed by atoms with Crippen molar-refractivity contribution < 1.29 is 19.2 Å². The average Bonchev–Trinajstić information content (AvgIpc) is 2.57. The highest BCUT2D eigenvalue weighted by atomic mass is 16.7. The van der Waals surface area contributed by atoms with Gasteiger partial charge in [-0.05, 0) is 46.1 Å². The van der Waals surface area contributed by atoms with Crippen LogP contribution in [0.25, 0.3) is 0 Å². The van der Waals surface area contributed by atoms with Gasteiger partial charge in [0, 0.05) is 5.56 Å². The maximum atomic E-state index is 9.85. The molecule has 0 aromatic heterocycles. The van der Waals surface area contributed by atoms with Gasteiger partial charge in [0.05, 0.1) is 24.4 Å². The topological polar surface area (TPSA) is 47.9 Å². The zero-order valence-electron chi connectivity index (χ0n) is 13.1. The van der Waals surface area contributed by atoms with Crippen molar-refractivity contribution in [1.82, 2.24) is 0 Å². The Morgan fingerprint density at radius 2 is 1.70 bits per heavy atom. The maximum absolute atomic E-state index is 9.85. The van der Waals surface area contributed by atoms with Crippen LogP contribution in [-0.2, 0) is 9.31 Å². The van der Waals surface area contributed by atoms with E-state index in [-0.39, 0.29) is 11.2 Å². The number of ether oxygens (including phenoxy) is 1. The monoisotopic (exact) mass is 278 g/mol. The first-order valence-electron chi connectivity index (χ1n) is 6.89. The Morgan fingerprint density at radius 3 is 2.15 bits per heavy atom. The van der Waals surface area contributed by atoms with Gasteiger partial charge in [-0.2, -0.15) is 0 Å². The van der Waals surface area contributed by atoms with E-state index >= 15 is 0 Å². The van der Waals surface area contributed by atoms with Crippen LogP contribution in [0.15, 0.2) is 18.2 Å². The van der Waals surface area contributed by atoms with Crippen molar-refractivity contribution in [3.8, 4) is 5.75 Å². The van der Waals surface area contributed by atoms with Crippen molar-refractivity contribution in [2.75, 3.05) is 7.11 Å². The summed E-state index contributed by atoms with van der Waals surface area (Å²) in [6.07, 6.45) is -0.604. The van der Waals surface area contributed by atoms with Crippen LogP contribution in [0.5, 0.6) is 5.75 Å². The number of aliphatic hydroxyl groups excluding tert-OH is 1. The molecule has 0 radical (unpaired) electrons. The highest BCUT2D eigenvalue weighted by molar-refractivity contribution is 6.62. The Morgan fingerprint density at radius 1 is 1.15 bits per heavy atom. The third-order valence-corrected chi connectivity index (χ3v) is 4.23. The molecule has 1 heterocycles. The predicted molar refractivity (Wildman–Crippen MR) is 79.3 cm³/mol. The van der Waals surface area contributed by atoms with Gasteiger partial charge in [0.25, 0.3) is 0 Å². The standard InChI is InChI=1S/C15H23BO4/c1-10(17)12-9-11(7-8-13(12)18-6)16-19-14(2,3)15(4,5)20-16/h7-10,17H,1-6H3/t10-/m1/s1. The molecule has 1 N–H and O–H groups in total. The van der Waals surface area contributed by atoms with E-state index in [1.165, 1.54) is 0 Å². The van der Waals surface area contributed by atoms with E-state index in [2.05, 4.69) is 0 Å². The van der Waals surface area contributed by atoms with E-state index in [1.54, 1.807) is 14.0 Å². The van der Waals surface area contributed by atoms with Gasteiger partial charge in [-0.15, -0.1) is 0 Å². The predicted octanol–water partition coefficient (Wildman–Crippen LogP) is 2.05. The number of rotatable bonds is 3. The summed E-state index contributed by atoms with van der Waals surface area (Å²) in [5, 5.41) is 9.85. The van der Waals surface area contributed by atoms with Crippen LogP contribution in [0.3, 0.4) is 0 Å². The molecule has 0 spiro atoms. The molecule has 0 bridgehead atoms. The summed E-state index contributed by atoms with van der Waals surface area (Å²) in [7, 11) is 1.17. The fourth-order valence-corrected chi connectivity index (χ4v) is 2.21. The largest absolute Gasteiger partial charge is 0.496 e. The Kier molecular flexibility index (Phi) is 3.89. The van der Waals surface area contributed by atoms with Gasteiger partial charge >= 0.3 is 7.12 Å². The second kappa shape index (κ2) is 5.06. The Hall–Kier alpha value is -1.04. The Labute approximate surface area is 121 Å². The van der Waals surface area contributed by atoms with Gasteiger partial charge in [0.2, 0.25) is 0 Å². The molecule has 0 unspecified atom stereocenters.